The molecule has 0 bridgehead atoms. The molecular weight excluding hydrogens is 303 g/mol. The molecule has 2 atom stereocenters. The largest absolute Gasteiger partial charge is 0.444 e. The van der Waals surface area contributed by atoms with Crippen LogP contribution in [0.3, 0.4) is 0 Å². The lowest BCUT2D eigenvalue weighted by Crippen LogP contribution is -2.42. The molecule has 1 unspecified atom stereocenters. The molecule has 0 N–H and O–H groups in total. The molecule has 6 heteroatoms. The zero-order valence-electron chi connectivity index (χ0n) is 11.4. The van der Waals surface area contributed by atoms with Crippen LogP contribution in [0, 0.1) is 0 Å². The molecular formula is C12H22BrFN2O2. The monoisotopic (exact) mass is 324 g/mol. The van der Waals surface area contributed by atoms with Crippen molar-refractivity contribution in [2.45, 2.75) is 43.8 Å². The second-order valence-corrected chi connectivity index (χ2v) is 6.68. The van der Waals surface area contributed by atoms with E-state index >= 15 is 0 Å². The second-order valence-electron chi connectivity index (χ2n) is 5.62. The molecule has 4 nitrogen and oxygen atoms in total. The van der Waals surface area contributed by atoms with Crippen molar-refractivity contribution in [2.24, 2.45) is 0 Å². The fraction of sp³-hybridized carbons (Fsp3) is 0.917. The molecule has 18 heavy (non-hydrogen) atoms. The summed E-state index contributed by atoms with van der Waals surface area (Å²) in [6, 6.07) is 0.178. The van der Waals surface area contributed by atoms with Gasteiger partial charge in [0.15, 0.2) is 0 Å². The Morgan fingerprint density at radius 3 is 2.72 bits per heavy atom. The van der Waals surface area contributed by atoms with Gasteiger partial charge in [-0.05, 0) is 34.2 Å². The van der Waals surface area contributed by atoms with Gasteiger partial charge in [0.1, 0.15) is 12.3 Å². The van der Waals surface area contributed by atoms with Gasteiger partial charge in [0, 0.05) is 19.1 Å². The van der Waals surface area contributed by atoms with Gasteiger partial charge in [-0.1, -0.05) is 15.9 Å². The SMILES string of the molecule is CN(C(Br)CF)[C@@H]1CCN(C(=O)OC(C)(C)C)C1. The predicted octanol–water partition coefficient (Wildman–Crippen LogP) is 2.62. The lowest BCUT2D eigenvalue weighted by Gasteiger charge is -2.28. The van der Waals surface area contributed by atoms with E-state index in [1.165, 1.54) is 0 Å². The average Bonchev–Trinajstić information content (AvgIpc) is 2.73. The maximum Gasteiger partial charge on any atom is 0.410 e. The Hall–Kier alpha value is -0.360. The van der Waals surface area contributed by atoms with Gasteiger partial charge in [0.25, 0.3) is 0 Å². The van der Waals surface area contributed by atoms with Crippen molar-refractivity contribution in [1.82, 2.24) is 9.80 Å². The van der Waals surface area contributed by atoms with Crippen LogP contribution in [0.5, 0.6) is 0 Å². The third-order valence-corrected chi connectivity index (χ3v) is 3.85. The van der Waals surface area contributed by atoms with Crippen LogP contribution in [-0.4, -0.2) is 59.3 Å². The lowest BCUT2D eigenvalue weighted by atomic mass is 10.2. The minimum atomic E-state index is -0.474. The van der Waals surface area contributed by atoms with E-state index in [1.807, 2.05) is 32.7 Å². The average molecular weight is 325 g/mol. The number of amides is 1. The highest BCUT2D eigenvalue weighted by Gasteiger charge is 2.33. The number of carbonyl (C=O) groups is 1. The fourth-order valence-electron chi connectivity index (χ4n) is 1.90. The molecule has 1 fully saturated rings. The van der Waals surface area contributed by atoms with Crippen LogP contribution in [0.4, 0.5) is 9.18 Å². The molecule has 1 aliphatic rings. The Morgan fingerprint density at radius 1 is 1.61 bits per heavy atom. The van der Waals surface area contributed by atoms with Gasteiger partial charge in [-0.15, -0.1) is 0 Å². The maximum absolute atomic E-state index is 12.6. The van der Waals surface area contributed by atoms with Crippen molar-refractivity contribution in [3.63, 3.8) is 0 Å². The number of hydrogen-bond acceptors (Lipinski definition) is 3. The van der Waals surface area contributed by atoms with E-state index in [-0.39, 0.29) is 17.1 Å². The number of halogens is 2. The van der Waals surface area contributed by atoms with Crippen molar-refractivity contribution in [1.29, 1.82) is 0 Å². The normalized spacial score (nSPS) is 22.4. The molecule has 106 valence electrons. The standard InChI is InChI=1S/C12H22BrFN2O2/c1-12(2,3)18-11(17)16-6-5-9(8-16)15(4)10(13)7-14/h9-10H,5-8H2,1-4H3/t9-,10?/m1/s1. The Kier molecular flexibility index (Phi) is 5.40. The first kappa shape index (κ1) is 15.7. The summed E-state index contributed by atoms with van der Waals surface area (Å²) in [4.78, 5) is 15.2. The number of ether oxygens (including phenoxy) is 1. The molecule has 0 radical (unpaired) electrons. The van der Waals surface area contributed by atoms with E-state index in [9.17, 15) is 9.18 Å². The highest BCUT2D eigenvalue weighted by molar-refractivity contribution is 9.09. The second kappa shape index (κ2) is 6.19. The van der Waals surface area contributed by atoms with E-state index in [1.54, 1.807) is 4.90 Å². The van der Waals surface area contributed by atoms with Gasteiger partial charge >= 0.3 is 6.09 Å². The molecule has 0 aliphatic carbocycles. The highest BCUT2D eigenvalue weighted by Crippen LogP contribution is 2.21. The highest BCUT2D eigenvalue weighted by atomic mass is 79.9. The van der Waals surface area contributed by atoms with Crippen molar-refractivity contribution in [3.8, 4) is 0 Å². The molecule has 1 saturated heterocycles. The van der Waals surface area contributed by atoms with Crippen LogP contribution in [0.2, 0.25) is 0 Å². The Morgan fingerprint density at radius 2 is 2.22 bits per heavy atom. The number of nitrogens with zero attached hydrogens (tertiary/aromatic N) is 2. The van der Waals surface area contributed by atoms with Gasteiger partial charge in [0.2, 0.25) is 0 Å². The van der Waals surface area contributed by atoms with E-state index < -0.39 is 12.3 Å². The smallest absolute Gasteiger partial charge is 0.410 e. The first-order valence-electron chi connectivity index (χ1n) is 6.14. The zero-order valence-corrected chi connectivity index (χ0v) is 13.0. The number of rotatable bonds is 3. The molecule has 1 amide bonds. The van der Waals surface area contributed by atoms with Crippen molar-refractivity contribution in [2.75, 3.05) is 26.8 Å². The number of carbonyl (C=O) groups excluding carboxylic acids is 1. The van der Waals surface area contributed by atoms with Gasteiger partial charge in [-0.2, -0.15) is 0 Å². The molecule has 1 aliphatic heterocycles. The Labute approximate surface area is 117 Å². The van der Waals surface area contributed by atoms with Crippen molar-refractivity contribution < 1.29 is 13.9 Å². The van der Waals surface area contributed by atoms with Gasteiger partial charge in [-0.25, -0.2) is 9.18 Å². The van der Waals surface area contributed by atoms with Crippen molar-refractivity contribution in [3.05, 3.63) is 0 Å². The predicted molar refractivity (Wildman–Crippen MR) is 72.7 cm³/mol. The number of likely N-dealkylation sites (tertiary alicyclic amines) is 1. The van der Waals surface area contributed by atoms with E-state index in [2.05, 4.69) is 15.9 Å². The van der Waals surface area contributed by atoms with Crippen LogP contribution < -0.4 is 0 Å². The third kappa shape index (κ3) is 4.39. The molecule has 0 aromatic heterocycles. The van der Waals surface area contributed by atoms with Gasteiger partial charge in [-0.3, -0.25) is 4.90 Å². The minimum Gasteiger partial charge on any atom is -0.444 e. The van der Waals surface area contributed by atoms with Crippen molar-refractivity contribution >= 4 is 22.0 Å². The molecule has 0 aromatic carbocycles. The maximum atomic E-state index is 12.6. The summed E-state index contributed by atoms with van der Waals surface area (Å²) in [7, 11) is 1.86. The van der Waals surface area contributed by atoms with Crippen LogP contribution >= 0.6 is 15.9 Å². The molecule has 0 spiro atoms. The summed E-state index contributed by atoms with van der Waals surface area (Å²) in [5.41, 5.74) is -0.474. The van der Waals surface area contributed by atoms with E-state index in [0.717, 1.165) is 6.42 Å². The van der Waals surface area contributed by atoms with Crippen LogP contribution in [0.25, 0.3) is 0 Å². The van der Waals surface area contributed by atoms with Crippen LogP contribution in [0.15, 0.2) is 0 Å². The molecule has 0 saturated carbocycles. The summed E-state index contributed by atoms with van der Waals surface area (Å²) in [5.74, 6) is 0. The van der Waals surface area contributed by atoms with E-state index in [4.69, 9.17) is 4.74 Å². The number of likely N-dealkylation sites (N-methyl/N-ethyl adjacent to an activating group) is 1. The summed E-state index contributed by atoms with van der Waals surface area (Å²) >= 11 is 3.27. The Bertz CT molecular complexity index is 296. The summed E-state index contributed by atoms with van der Waals surface area (Å²) < 4.78 is 17.9. The van der Waals surface area contributed by atoms with Gasteiger partial charge < -0.3 is 9.64 Å². The van der Waals surface area contributed by atoms with Crippen LogP contribution in [-0.2, 0) is 4.74 Å². The topological polar surface area (TPSA) is 32.8 Å². The fourth-order valence-corrected chi connectivity index (χ4v) is 2.24. The molecule has 1 rings (SSSR count). The Balaban J connectivity index is 2.48. The number of alkyl halides is 2. The molecule has 0 aromatic rings. The lowest BCUT2D eigenvalue weighted by molar-refractivity contribution is 0.0281. The third-order valence-electron chi connectivity index (χ3n) is 2.96. The van der Waals surface area contributed by atoms with E-state index in [0.29, 0.717) is 13.1 Å². The molecule has 1 heterocycles. The minimum absolute atomic E-state index is 0.178. The zero-order chi connectivity index (χ0) is 13.9. The number of hydrogen-bond donors (Lipinski definition) is 0. The van der Waals surface area contributed by atoms with Crippen LogP contribution in [0.1, 0.15) is 27.2 Å². The first-order valence-corrected chi connectivity index (χ1v) is 7.06. The summed E-state index contributed by atoms with van der Waals surface area (Å²) in [6.07, 6.45) is 0.558. The quantitative estimate of drug-likeness (QED) is 0.591. The van der Waals surface area contributed by atoms with Gasteiger partial charge in [0.05, 0.1) is 4.95 Å². The summed E-state index contributed by atoms with van der Waals surface area (Å²) in [5, 5.41) is 0. The first-order chi connectivity index (χ1) is 8.24. The summed E-state index contributed by atoms with van der Waals surface area (Å²) in [6.45, 7) is 6.36.